The Bertz CT molecular complexity index is 807. The van der Waals surface area contributed by atoms with E-state index >= 15 is 0 Å². The third kappa shape index (κ3) is 1.84. The van der Waals surface area contributed by atoms with Gasteiger partial charge in [-0.05, 0) is 24.3 Å². The van der Waals surface area contributed by atoms with Gasteiger partial charge < -0.3 is 5.11 Å². The largest absolute Gasteiger partial charge is 0.478 e. The van der Waals surface area contributed by atoms with Gasteiger partial charge in [-0.2, -0.15) is 5.10 Å². The van der Waals surface area contributed by atoms with Crippen LogP contribution in [0.5, 0.6) is 0 Å². The first-order chi connectivity index (χ1) is 9.58. The topological polar surface area (TPSA) is 55.1 Å². The van der Waals surface area contributed by atoms with E-state index in [1.54, 1.807) is 36.0 Å². The molecular formula is C15H11FN2O2. The first-order valence-electron chi connectivity index (χ1n) is 6.03. The van der Waals surface area contributed by atoms with Crippen molar-refractivity contribution < 1.29 is 14.3 Å². The molecule has 20 heavy (non-hydrogen) atoms. The average Bonchev–Trinajstić information content (AvgIpc) is 2.78. The zero-order valence-corrected chi connectivity index (χ0v) is 10.7. The molecular weight excluding hydrogens is 259 g/mol. The first kappa shape index (κ1) is 12.3. The van der Waals surface area contributed by atoms with Crippen molar-refractivity contribution in [1.29, 1.82) is 0 Å². The quantitative estimate of drug-likeness (QED) is 0.778. The van der Waals surface area contributed by atoms with Gasteiger partial charge in [0.25, 0.3) is 0 Å². The molecule has 0 atom stereocenters. The Kier molecular flexibility index (Phi) is 2.75. The van der Waals surface area contributed by atoms with E-state index in [2.05, 4.69) is 5.10 Å². The molecule has 0 saturated carbocycles. The molecule has 1 heterocycles. The fourth-order valence-electron chi connectivity index (χ4n) is 2.24. The van der Waals surface area contributed by atoms with Crippen LogP contribution in [-0.2, 0) is 7.05 Å². The van der Waals surface area contributed by atoms with Gasteiger partial charge in [-0.1, -0.05) is 18.2 Å². The van der Waals surface area contributed by atoms with E-state index in [-0.39, 0.29) is 11.4 Å². The second kappa shape index (κ2) is 4.45. The van der Waals surface area contributed by atoms with Gasteiger partial charge in [-0.15, -0.1) is 0 Å². The fourth-order valence-corrected chi connectivity index (χ4v) is 2.24. The molecule has 100 valence electrons. The highest BCUT2D eigenvalue weighted by Crippen LogP contribution is 2.29. The summed E-state index contributed by atoms with van der Waals surface area (Å²) in [5.74, 6) is -1.33. The Morgan fingerprint density at radius 3 is 2.55 bits per heavy atom. The number of benzene rings is 2. The molecule has 1 aromatic heterocycles. The van der Waals surface area contributed by atoms with Crippen LogP contribution in [0.15, 0.2) is 42.5 Å². The van der Waals surface area contributed by atoms with E-state index in [9.17, 15) is 9.18 Å². The highest BCUT2D eigenvalue weighted by molar-refractivity contribution is 5.94. The Morgan fingerprint density at radius 2 is 1.90 bits per heavy atom. The minimum Gasteiger partial charge on any atom is -0.478 e. The lowest BCUT2D eigenvalue weighted by Crippen LogP contribution is -1.95. The average molecular weight is 270 g/mol. The minimum absolute atomic E-state index is 0.189. The van der Waals surface area contributed by atoms with Crippen LogP contribution in [0.1, 0.15) is 10.4 Å². The summed E-state index contributed by atoms with van der Waals surface area (Å²) in [6.45, 7) is 0. The summed E-state index contributed by atoms with van der Waals surface area (Å²) in [7, 11) is 1.75. The zero-order chi connectivity index (χ0) is 14.3. The summed E-state index contributed by atoms with van der Waals surface area (Å²) < 4.78 is 15.6. The second-order valence-corrected chi connectivity index (χ2v) is 4.49. The van der Waals surface area contributed by atoms with Crippen molar-refractivity contribution in [3.05, 3.63) is 53.8 Å². The molecule has 3 aromatic rings. The lowest BCUT2D eigenvalue weighted by molar-refractivity contribution is 0.0697. The highest BCUT2D eigenvalue weighted by Gasteiger charge is 2.14. The third-order valence-corrected chi connectivity index (χ3v) is 3.23. The maximum Gasteiger partial charge on any atom is 0.335 e. The van der Waals surface area contributed by atoms with Crippen molar-refractivity contribution in [1.82, 2.24) is 9.78 Å². The molecule has 0 fully saturated rings. The standard InChI is InChI=1S/C15H11FN2O2/c1-18-12-4-2-3-11(16)13(12)14(17-18)9-5-7-10(8-6-9)15(19)20/h2-8H,1H3,(H,19,20). The number of aromatic nitrogens is 2. The lowest BCUT2D eigenvalue weighted by Gasteiger charge is -2.00. The summed E-state index contributed by atoms with van der Waals surface area (Å²) in [6.07, 6.45) is 0. The summed E-state index contributed by atoms with van der Waals surface area (Å²) in [5.41, 5.74) is 2.08. The van der Waals surface area contributed by atoms with Crippen LogP contribution in [0, 0.1) is 5.82 Å². The molecule has 0 bridgehead atoms. The van der Waals surface area contributed by atoms with Crippen LogP contribution < -0.4 is 0 Å². The van der Waals surface area contributed by atoms with Crippen LogP contribution in [0.25, 0.3) is 22.2 Å². The monoisotopic (exact) mass is 270 g/mol. The van der Waals surface area contributed by atoms with Gasteiger partial charge in [0, 0.05) is 12.6 Å². The Morgan fingerprint density at radius 1 is 1.20 bits per heavy atom. The molecule has 0 amide bonds. The zero-order valence-electron chi connectivity index (χ0n) is 10.7. The van der Waals surface area contributed by atoms with Crippen LogP contribution in [-0.4, -0.2) is 20.9 Å². The van der Waals surface area contributed by atoms with E-state index in [0.717, 1.165) is 0 Å². The predicted molar refractivity (Wildman–Crippen MR) is 73.1 cm³/mol. The SMILES string of the molecule is Cn1nc(-c2ccc(C(=O)O)cc2)c2c(F)cccc21. The maximum atomic E-state index is 14.0. The Balaban J connectivity index is 2.22. The van der Waals surface area contributed by atoms with Crippen LogP contribution in [0.4, 0.5) is 4.39 Å². The van der Waals surface area contributed by atoms with Gasteiger partial charge >= 0.3 is 5.97 Å². The number of rotatable bonds is 2. The number of carboxylic acids is 1. The first-order valence-corrected chi connectivity index (χ1v) is 6.03. The number of fused-ring (bicyclic) bond motifs is 1. The van der Waals surface area contributed by atoms with E-state index in [4.69, 9.17) is 5.11 Å². The maximum absolute atomic E-state index is 14.0. The summed E-state index contributed by atoms with van der Waals surface area (Å²) >= 11 is 0. The number of aromatic carboxylic acids is 1. The molecule has 5 heteroatoms. The molecule has 0 spiro atoms. The van der Waals surface area contributed by atoms with Crippen molar-refractivity contribution in [3.8, 4) is 11.3 Å². The van der Waals surface area contributed by atoms with Crippen molar-refractivity contribution in [3.63, 3.8) is 0 Å². The number of carbonyl (C=O) groups is 1. The molecule has 0 saturated heterocycles. The number of aryl methyl sites for hydroxylation is 1. The molecule has 3 rings (SSSR count). The number of nitrogens with zero attached hydrogens (tertiary/aromatic N) is 2. The number of halogens is 1. The molecule has 4 nitrogen and oxygen atoms in total. The van der Waals surface area contributed by atoms with E-state index in [1.807, 2.05) is 0 Å². The van der Waals surface area contributed by atoms with Crippen molar-refractivity contribution in [2.45, 2.75) is 0 Å². The Hall–Kier alpha value is -2.69. The number of hydrogen-bond acceptors (Lipinski definition) is 2. The number of hydrogen-bond donors (Lipinski definition) is 1. The van der Waals surface area contributed by atoms with Crippen LogP contribution in [0.2, 0.25) is 0 Å². The molecule has 0 aliphatic carbocycles. The van der Waals surface area contributed by atoms with Crippen LogP contribution >= 0.6 is 0 Å². The van der Waals surface area contributed by atoms with Gasteiger partial charge in [0.2, 0.25) is 0 Å². The van der Waals surface area contributed by atoms with Gasteiger partial charge in [0.1, 0.15) is 11.5 Å². The molecule has 2 aromatic carbocycles. The second-order valence-electron chi connectivity index (χ2n) is 4.49. The molecule has 0 aliphatic heterocycles. The predicted octanol–water partition coefficient (Wildman–Crippen LogP) is 3.08. The van der Waals surface area contributed by atoms with E-state index in [1.165, 1.54) is 18.2 Å². The van der Waals surface area contributed by atoms with E-state index in [0.29, 0.717) is 22.2 Å². The Labute approximate surface area is 114 Å². The molecule has 0 radical (unpaired) electrons. The summed E-state index contributed by atoms with van der Waals surface area (Å²) in [4.78, 5) is 10.8. The smallest absolute Gasteiger partial charge is 0.335 e. The minimum atomic E-state index is -0.992. The van der Waals surface area contributed by atoms with Gasteiger partial charge in [0.15, 0.2) is 0 Å². The molecule has 1 N–H and O–H groups in total. The van der Waals surface area contributed by atoms with Gasteiger partial charge in [-0.3, -0.25) is 4.68 Å². The van der Waals surface area contributed by atoms with E-state index < -0.39 is 5.97 Å². The summed E-state index contributed by atoms with van der Waals surface area (Å²) in [6, 6.07) is 11.1. The van der Waals surface area contributed by atoms with Gasteiger partial charge in [0.05, 0.1) is 16.5 Å². The molecule has 0 aliphatic rings. The third-order valence-electron chi connectivity index (χ3n) is 3.23. The normalized spacial score (nSPS) is 10.9. The van der Waals surface area contributed by atoms with Gasteiger partial charge in [-0.25, -0.2) is 9.18 Å². The summed E-state index contributed by atoms with van der Waals surface area (Å²) in [5, 5.41) is 13.7. The van der Waals surface area contributed by atoms with Crippen molar-refractivity contribution in [2.75, 3.05) is 0 Å². The van der Waals surface area contributed by atoms with Crippen molar-refractivity contribution >= 4 is 16.9 Å². The van der Waals surface area contributed by atoms with Crippen LogP contribution in [0.3, 0.4) is 0 Å². The lowest BCUT2D eigenvalue weighted by atomic mass is 10.1. The molecule has 0 unspecified atom stereocenters. The van der Waals surface area contributed by atoms with Crippen molar-refractivity contribution in [2.24, 2.45) is 7.05 Å². The fraction of sp³-hybridized carbons (Fsp3) is 0.0667. The number of carboxylic acid groups (broad SMARTS) is 1. The highest BCUT2D eigenvalue weighted by atomic mass is 19.1.